The fourth-order valence-corrected chi connectivity index (χ4v) is 6.23. The summed E-state index contributed by atoms with van der Waals surface area (Å²) >= 11 is 0. The van der Waals surface area contributed by atoms with E-state index in [1.807, 2.05) is 0 Å². The smallest absolute Gasteiger partial charge is 0.00773 e. The van der Waals surface area contributed by atoms with Crippen LogP contribution in [0.5, 0.6) is 0 Å². The monoisotopic (exact) mass is 552 g/mol. The van der Waals surface area contributed by atoms with Crippen LogP contribution >= 0.6 is 0 Å². The quantitative estimate of drug-likeness (QED) is 0.0685. The summed E-state index contributed by atoms with van der Waals surface area (Å²) in [7, 11) is 0. The van der Waals surface area contributed by atoms with Crippen molar-refractivity contribution in [2.75, 3.05) is 19.6 Å². The molecule has 0 aliphatic carbocycles. The molecule has 0 amide bonds. The lowest BCUT2D eigenvalue weighted by Crippen LogP contribution is -2.02. The van der Waals surface area contributed by atoms with Gasteiger partial charge in [0, 0.05) is 0 Å². The fourth-order valence-electron chi connectivity index (χ4n) is 6.23. The van der Waals surface area contributed by atoms with Crippen LogP contribution < -0.4 is 17.2 Å². The van der Waals surface area contributed by atoms with Gasteiger partial charge >= 0.3 is 0 Å². The minimum atomic E-state index is 0.868. The summed E-state index contributed by atoms with van der Waals surface area (Å²) < 4.78 is 0. The molecule has 0 heterocycles. The van der Waals surface area contributed by atoms with E-state index in [1.165, 1.54) is 205 Å². The highest BCUT2D eigenvalue weighted by molar-refractivity contribution is 4.62. The summed E-state index contributed by atoms with van der Waals surface area (Å²) in [6.45, 7) is 2.60. The van der Waals surface area contributed by atoms with Gasteiger partial charge in [0.25, 0.3) is 0 Å². The number of unbranched alkanes of at least 4 members (excludes halogenated alkanes) is 26. The molecular formula is C36H77N3. The van der Waals surface area contributed by atoms with Crippen LogP contribution in [0.3, 0.4) is 0 Å². The van der Waals surface area contributed by atoms with Crippen molar-refractivity contribution >= 4 is 0 Å². The molecule has 0 aromatic carbocycles. The highest BCUT2D eigenvalue weighted by Gasteiger charge is 2.09. The Labute approximate surface area is 248 Å². The number of nitrogens with two attached hydrogens (primary N) is 3. The molecule has 0 aromatic rings. The van der Waals surface area contributed by atoms with Crippen molar-refractivity contribution in [3.05, 3.63) is 0 Å². The van der Waals surface area contributed by atoms with Crippen LogP contribution in [0, 0.1) is 5.92 Å². The van der Waals surface area contributed by atoms with Gasteiger partial charge in [-0.25, -0.2) is 0 Å². The first-order chi connectivity index (χ1) is 19.3. The third-order valence-corrected chi connectivity index (χ3v) is 8.95. The van der Waals surface area contributed by atoms with E-state index in [0.29, 0.717) is 0 Å². The third kappa shape index (κ3) is 34.0. The molecular weight excluding hydrogens is 474 g/mol. The normalized spacial score (nSPS) is 11.7. The molecule has 0 atom stereocenters. The fraction of sp³-hybridized carbons (Fsp3) is 1.00. The van der Waals surface area contributed by atoms with Crippen molar-refractivity contribution in [3.8, 4) is 0 Å². The Morgan fingerprint density at radius 2 is 0.359 bits per heavy atom. The van der Waals surface area contributed by atoms with Crippen molar-refractivity contribution in [1.29, 1.82) is 0 Å². The van der Waals surface area contributed by atoms with Crippen molar-refractivity contribution in [2.45, 2.75) is 205 Å². The molecule has 3 nitrogen and oxygen atoms in total. The van der Waals surface area contributed by atoms with E-state index in [-0.39, 0.29) is 0 Å². The number of rotatable bonds is 35. The van der Waals surface area contributed by atoms with Crippen LogP contribution in [0.15, 0.2) is 0 Å². The van der Waals surface area contributed by atoms with Gasteiger partial charge in [-0.05, 0) is 44.8 Å². The van der Waals surface area contributed by atoms with Crippen LogP contribution in [-0.4, -0.2) is 19.6 Å². The van der Waals surface area contributed by atoms with E-state index in [0.717, 1.165) is 25.6 Å². The van der Waals surface area contributed by atoms with Gasteiger partial charge in [-0.15, -0.1) is 0 Å². The minimum absolute atomic E-state index is 0.868. The van der Waals surface area contributed by atoms with Crippen molar-refractivity contribution in [2.24, 2.45) is 23.1 Å². The maximum absolute atomic E-state index is 5.60. The molecule has 0 saturated carbocycles. The lowest BCUT2D eigenvalue weighted by Gasteiger charge is -2.17. The van der Waals surface area contributed by atoms with Crippen molar-refractivity contribution in [1.82, 2.24) is 0 Å². The standard InChI is InChI=1S/C36H77N3/c37-33-27-21-15-9-3-1-6-12-18-24-30-36(32-26-20-14-8-5-11-17-23-29-35-39)31-25-19-13-7-2-4-10-16-22-28-34-38/h36H,1-35,37-39H2. The van der Waals surface area contributed by atoms with Crippen LogP contribution in [0.1, 0.15) is 205 Å². The van der Waals surface area contributed by atoms with Gasteiger partial charge in [-0.1, -0.05) is 186 Å². The van der Waals surface area contributed by atoms with E-state index in [4.69, 9.17) is 17.2 Å². The van der Waals surface area contributed by atoms with Gasteiger partial charge in [-0.3, -0.25) is 0 Å². The molecule has 3 heteroatoms. The molecule has 0 aliphatic heterocycles. The molecule has 0 unspecified atom stereocenters. The van der Waals surface area contributed by atoms with E-state index >= 15 is 0 Å². The Morgan fingerprint density at radius 1 is 0.205 bits per heavy atom. The third-order valence-electron chi connectivity index (χ3n) is 8.95. The van der Waals surface area contributed by atoms with Crippen LogP contribution in [-0.2, 0) is 0 Å². The van der Waals surface area contributed by atoms with Crippen LogP contribution in [0.2, 0.25) is 0 Å². The molecule has 0 saturated heterocycles. The maximum Gasteiger partial charge on any atom is -0.00773 e. The first-order valence-corrected chi connectivity index (χ1v) is 18.4. The summed E-state index contributed by atoms with van der Waals surface area (Å²) in [4.78, 5) is 0. The molecule has 0 rings (SSSR count). The zero-order valence-electron chi connectivity index (χ0n) is 27.1. The van der Waals surface area contributed by atoms with Gasteiger partial charge in [0.2, 0.25) is 0 Å². The first kappa shape index (κ1) is 38.9. The van der Waals surface area contributed by atoms with E-state index in [1.54, 1.807) is 0 Å². The molecule has 0 bridgehead atoms. The largest absolute Gasteiger partial charge is 0.330 e. The number of hydrogen-bond acceptors (Lipinski definition) is 3. The molecule has 39 heavy (non-hydrogen) atoms. The highest BCUT2D eigenvalue weighted by atomic mass is 14.5. The SMILES string of the molecule is NCCCCCCCCCCCCC(CCCCCCCCCCCN)CCCCCCCCCCCCN. The molecule has 0 aliphatic rings. The molecule has 6 N–H and O–H groups in total. The van der Waals surface area contributed by atoms with Crippen molar-refractivity contribution < 1.29 is 0 Å². The average Bonchev–Trinajstić information content (AvgIpc) is 2.95. The Balaban J connectivity index is 3.88. The average molecular weight is 552 g/mol. The van der Waals surface area contributed by atoms with Crippen LogP contribution in [0.4, 0.5) is 0 Å². The second-order valence-electron chi connectivity index (χ2n) is 12.9. The van der Waals surface area contributed by atoms with Gasteiger partial charge in [0.15, 0.2) is 0 Å². The Kier molecular flexibility index (Phi) is 35.8. The van der Waals surface area contributed by atoms with Gasteiger partial charge < -0.3 is 17.2 Å². The van der Waals surface area contributed by atoms with Gasteiger partial charge in [-0.2, -0.15) is 0 Å². The Hall–Kier alpha value is -0.120. The van der Waals surface area contributed by atoms with E-state index in [2.05, 4.69) is 0 Å². The summed E-state index contributed by atoms with van der Waals surface area (Å²) in [6.07, 6.45) is 45.4. The Morgan fingerprint density at radius 3 is 0.538 bits per heavy atom. The predicted octanol–water partition coefficient (Wildman–Crippen LogP) is 11.0. The lowest BCUT2D eigenvalue weighted by atomic mass is 9.89. The van der Waals surface area contributed by atoms with Gasteiger partial charge in [0.1, 0.15) is 0 Å². The first-order valence-electron chi connectivity index (χ1n) is 18.4. The van der Waals surface area contributed by atoms with E-state index in [9.17, 15) is 0 Å². The second kappa shape index (κ2) is 35.9. The predicted molar refractivity (Wildman–Crippen MR) is 178 cm³/mol. The maximum atomic E-state index is 5.60. The van der Waals surface area contributed by atoms with Crippen LogP contribution in [0.25, 0.3) is 0 Å². The minimum Gasteiger partial charge on any atom is -0.330 e. The summed E-state index contributed by atoms with van der Waals surface area (Å²) in [5.74, 6) is 1.01. The zero-order valence-corrected chi connectivity index (χ0v) is 27.1. The van der Waals surface area contributed by atoms with Crippen molar-refractivity contribution in [3.63, 3.8) is 0 Å². The summed E-state index contributed by atoms with van der Waals surface area (Å²) in [5.41, 5.74) is 16.8. The summed E-state index contributed by atoms with van der Waals surface area (Å²) in [6, 6.07) is 0. The molecule has 0 spiro atoms. The second-order valence-corrected chi connectivity index (χ2v) is 12.9. The highest BCUT2D eigenvalue weighted by Crippen LogP contribution is 2.25. The Bertz CT molecular complexity index is 388. The van der Waals surface area contributed by atoms with Gasteiger partial charge in [0.05, 0.1) is 0 Å². The number of hydrogen-bond donors (Lipinski definition) is 3. The lowest BCUT2D eigenvalue weighted by molar-refractivity contribution is 0.365. The molecule has 0 aromatic heterocycles. The zero-order chi connectivity index (χ0) is 28.3. The van der Waals surface area contributed by atoms with E-state index < -0.39 is 0 Å². The topological polar surface area (TPSA) is 78.1 Å². The molecule has 0 radical (unpaired) electrons. The summed E-state index contributed by atoms with van der Waals surface area (Å²) in [5, 5.41) is 0. The molecule has 0 fully saturated rings. The molecule has 236 valence electrons.